The maximum absolute atomic E-state index is 13.0. The number of rotatable bonds is 6. The minimum absolute atomic E-state index is 0.0780. The van der Waals surface area contributed by atoms with E-state index in [4.69, 9.17) is 13.9 Å². The highest BCUT2D eigenvalue weighted by Gasteiger charge is 2.24. The number of benzene rings is 2. The van der Waals surface area contributed by atoms with Crippen LogP contribution in [0.3, 0.4) is 0 Å². The van der Waals surface area contributed by atoms with E-state index in [0.29, 0.717) is 22.7 Å². The molecule has 0 unspecified atom stereocenters. The third-order valence-electron chi connectivity index (χ3n) is 5.76. The van der Waals surface area contributed by atoms with Gasteiger partial charge in [-0.3, -0.25) is 9.69 Å². The molecule has 0 atom stereocenters. The molecule has 2 aromatic carbocycles. The number of methoxy groups -OCH3 is 2. The van der Waals surface area contributed by atoms with E-state index in [-0.39, 0.29) is 11.9 Å². The van der Waals surface area contributed by atoms with Crippen molar-refractivity contribution < 1.29 is 18.7 Å². The monoisotopic (exact) mass is 408 g/mol. The number of hydrogen-bond acceptors (Lipinski definition) is 5. The summed E-state index contributed by atoms with van der Waals surface area (Å²) in [5.41, 5.74) is 2.54. The average molecular weight is 408 g/mol. The van der Waals surface area contributed by atoms with Crippen molar-refractivity contribution in [1.29, 1.82) is 0 Å². The molecule has 2 heterocycles. The van der Waals surface area contributed by atoms with Gasteiger partial charge in [-0.1, -0.05) is 12.1 Å². The number of ether oxygens (including phenoxy) is 2. The lowest BCUT2D eigenvalue weighted by Gasteiger charge is -2.32. The Morgan fingerprint density at radius 1 is 1.10 bits per heavy atom. The number of carbonyl (C=O) groups excluding carboxylic acids is 1. The molecule has 1 aromatic heterocycles. The van der Waals surface area contributed by atoms with Crippen LogP contribution in [0.25, 0.3) is 11.0 Å². The van der Waals surface area contributed by atoms with Crippen LogP contribution in [0.1, 0.15) is 34.5 Å². The Morgan fingerprint density at radius 3 is 2.57 bits per heavy atom. The van der Waals surface area contributed by atoms with Gasteiger partial charge in [0.1, 0.15) is 22.8 Å². The normalized spacial score (nSPS) is 15.3. The molecule has 6 nitrogen and oxygen atoms in total. The van der Waals surface area contributed by atoms with E-state index in [1.807, 2.05) is 37.3 Å². The van der Waals surface area contributed by atoms with Crippen LogP contribution in [-0.2, 0) is 6.54 Å². The maximum Gasteiger partial charge on any atom is 0.255 e. The molecule has 0 radical (unpaired) electrons. The summed E-state index contributed by atoms with van der Waals surface area (Å²) in [6.45, 7) is 4.61. The highest BCUT2D eigenvalue weighted by Crippen LogP contribution is 2.29. The number of carbonyl (C=O) groups is 1. The minimum Gasteiger partial charge on any atom is -0.497 e. The first-order chi connectivity index (χ1) is 14.6. The first kappa shape index (κ1) is 20.3. The summed E-state index contributed by atoms with van der Waals surface area (Å²) in [4.78, 5) is 15.4. The van der Waals surface area contributed by atoms with Gasteiger partial charge in [0.25, 0.3) is 5.91 Å². The molecule has 0 saturated carbocycles. The summed E-state index contributed by atoms with van der Waals surface area (Å²) in [5, 5.41) is 4.00. The SMILES string of the molecule is COc1cccc(CN2CCC(NC(=O)c3c(C)oc4ccc(OC)cc34)CC2)c1. The summed E-state index contributed by atoms with van der Waals surface area (Å²) >= 11 is 0. The van der Waals surface area contributed by atoms with Gasteiger partial charge >= 0.3 is 0 Å². The van der Waals surface area contributed by atoms with Gasteiger partial charge in [0.2, 0.25) is 0 Å². The van der Waals surface area contributed by atoms with Gasteiger partial charge < -0.3 is 19.2 Å². The van der Waals surface area contributed by atoms with Crippen LogP contribution in [0.15, 0.2) is 46.9 Å². The van der Waals surface area contributed by atoms with E-state index in [0.717, 1.165) is 43.6 Å². The second-order valence-corrected chi connectivity index (χ2v) is 7.77. The Balaban J connectivity index is 1.37. The fourth-order valence-electron chi connectivity index (χ4n) is 4.13. The van der Waals surface area contributed by atoms with Gasteiger partial charge in [-0.25, -0.2) is 0 Å². The summed E-state index contributed by atoms with van der Waals surface area (Å²) in [5.74, 6) is 2.15. The zero-order valence-electron chi connectivity index (χ0n) is 17.7. The quantitative estimate of drug-likeness (QED) is 0.664. The van der Waals surface area contributed by atoms with E-state index in [1.54, 1.807) is 14.2 Å². The second kappa shape index (κ2) is 8.79. The highest BCUT2D eigenvalue weighted by atomic mass is 16.5. The topological polar surface area (TPSA) is 63.9 Å². The molecule has 1 N–H and O–H groups in total. The lowest BCUT2D eigenvalue weighted by molar-refractivity contribution is 0.0909. The molecule has 1 aliphatic rings. The Morgan fingerprint density at radius 2 is 1.83 bits per heavy atom. The summed E-state index contributed by atoms with van der Waals surface area (Å²) in [6.07, 6.45) is 1.85. The van der Waals surface area contributed by atoms with Crippen molar-refractivity contribution in [2.45, 2.75) is 32.4 Å². The van der Waals surface area contributed by atoms with Crippen molar-refractivity contribution >= 4 is 16.9 Å². The highest BCUT2D eigenvalue weighted by molar-refractivity contribution is 6.07. The molecule has 4 rings (SSSR count). The third-order valence-corrected chi connectivity index (χ3v) is 5.76. The molecular formula is C24H28N2O4. The van der Waals surface area contributed by atoms with E-state index in [1.165, 1.54) is 5.56 Å². The molecule has 0 spiro atoms. The summed E-state index contributed by atoms with van der Waals surface area (Å²) in [6, 6.07) is 13.9. The number of furan rings is 1. The Kier molecular flexibility index (Phi) is 5.95. The minimum atomic E-state index is -0.0780. The number of amides is 1. The van der Waals surface area contributed by atoms with Crippen LogP contribution in [0.4, 0.5) is 0 Å². The molecule has 0 aliphatic carbocycles. The van der Waals surface area contributed by atoms with Crippen molar-refractivity contribution in [1.82, 2.24) is 10.2 Å². The fourth-order valence-corrected chi connectivity index (χ4v) is 4.13. The van der Waals surface area contributed by atoms with Gasteiger partial charge in [0.15, 0.2) is 0 Å². The van der Waals surface area contributed by atoms with Crippen molar-refractivity contribution in [3.63, 3.8) is 0 Å². The van der Waals surface area contributed by atoms with E-state index in [2.05, 4.69) is 22.3 Å². The third kappa shape index (κ3) is 4.28. The molecule has 158 valence electrons. The number of fused-ring (bicyclic) bond motifs is 1. The number of hydrogen-bond donors (Lipinski definition) is 1. The van der Waals surface area contributed by atoms with E-state index >= 15 is 0 Å². The predicted octanol–water partition coefficient (Wildman–Crippen LogP) is 4.15. The van der Waals surface area contributed by atoms with Crippen LogP contribution in [0, 0.1) is 6.92 Å². The number of nitrogens with zero attached hydrogens (tertiary/aromatic N) is 1. The van der Waals surface area contributed by atoms with Crippen LogP contribution < -0.4 is 14.8 Å². The summed E-state index contributed by atoms with van der Waals surface area (Å²) in [7, 11) is 3.31. The van der Waals surface area contributed by atoms with Gasteiger partial charge in [-0.2, -0.15) is 0 Å². The van der Waals surface area contributed by atoms with Crippen molar-refractivity contribution in [2.75, 3.05) is 27.3 Å². The molecule has 1 saturated heterocycles. The average Bonchev–Trinajstić information content (AvgIpc) is 3.10. The Labute approximate surface area is 176 Å². The van der Waals surface area contributed by atoms with E-state index < -0.39 is 0 Å². The van der Waals surface area contributed by atoms with Gasteiger partial charge in [-0.15, -0.1) is 0 Å². The largest absolute Gasteiger partial charge is 0.497 e. The van der Waals surface area contributed by atoms with Gasteiger partial charge in [-0.05, 0) is 55.7 Å². The predicted molar refractivity (Wildman–Crippen MR) is 116 cm³/mol. The summed E-state index contributed by atoms with van der Waals surface area (Å²) < 4.78 is 16.4. The van der Waals surface area contributed by atoms with Crippen molar-refractivity contribution in [3.05, 3.63) is 59.4 Å². The Bertz CT molecular complexity index is 1030. The molecule has 0 bridgehead atoms. The lowest BCUT2D eigenvalue weighted by atomic mass is 10.0. The van der Waals surface area contributed by atoms with E-state index in [9.17, 15) is 4.79 Å². The van der Waals surface area contributed by atoms with Crippen LogP contribution in [-0.4, -0.2) is 44.2 Å². The van der Waals surface area contributed by atoms with Crippen LogP contribution in [0.2, 0.25) is 0 Å². The molecule has 30 heavy (non-hydrogen) atoms. The molecule has 3 aromatic rings. The lowest BCUT2D eigenvalue weighted by Crippen LogP contribution is -2.44. The molecule has 1 aliphatic heterocycles. The number of aryl methyl sites for hydroxylation is 1. The molecule has 1 amide bonds. The number of nitrogens with one attached hydrogen (secondary N) is 1. The van der Waals surface area contributed by atoms with Crippen LogP contribution >= 0.6 is 0 Å². The second-order valence-electron chi connectivity index (χ2n) is 7.77. The number of piperidine rings is 1. The number of likely N-dealkylation sites (tertiary alicyclic amines) is 1. The van der Waals surface area contributed by atoms with Gasteiger partial charge in [0, 0.05) is 31.1 Å². The van der Waals surface area contributed by atoms with Crippen LogP contribution in [0.5, 0.6) is 11.5 Å². The first-order valence-electron chi connectivity index (χ1n) is 10.3. The van der Waals surface area contributed by atoms with Crippen molar-refractivity contribution in [3.8, 4) is 11.5 Å². The molecule has 6 heteroatoms. The smallest absolute Gasteiger partial charge is 0.255 e. The Hall–Kier alpha value is -2.99. The molecular weight excluding hydrogens is 380 g/mol. The zero-order chi connectivity index (χ0) is 21.1. The maximum atomic E-state index is 13.0. The molecule has 1 fully saturated rings. The standard InChI is InChI=1S/C24H28N2O4/c1-16-23(21-14-20(29-3)7-8-22(21)30-16)24(27)25-18-9-11-26(12-10-18)15-17-5-4-6-19(13-17)28-2/h4-8,13-14,18H,9-12,15H2,1-3H3,(H,25,27). The van der Waals surface area contributed by atoms with Gasteiger partial charge in [0.05, 0.1) is 19.8 Å². The zero-order valence-corrected chi connectivity index (χ0v) is 17.7. The first-order valence-corrected chi connectivity index (χ1v) is 10.3. The fraction of sp³-hybridized carbons (Fsp3) is 0.375. The van der Waals surface area contributed by atoms with Crippen molar-refractivity contribution in [2.24, 2.45) is 0 Å².